The summed E-state index contributed by atoms with van der Waals surface area (Å²) in [4.78, 5) is -1.76. The molecule has 3 aromatic rings. The van der Waals surface area contributed by atoms with Gasteiger partial charge in [-0.05, 0) is 28.8 Å². The fraction of sp³-hybridized carbons (Fsp3) is 0.0909. The van der Waals surface area contributed by atoms with Gasteiger partial charge in [-0.1, -0.05) is 84.9 Å². The monoisotopic (exact) mass is 378 g/mol. The predicted octanol–water partition coefficient (Wildman–Crippen LogP) is 3.44. The fourth-order valence-corrected chi connectivity index (χ4v) is 4.05. The van der Waals surface area contributed by atoms with Crippen LogP contribution in [0.15, 0.2) is 89.8 Å². The minimum atomic E-state index is -3.85. The zero-order valence-corrected chi connectivity index (χ0v) is 15.6. The highest BCUT2D eigenvalue weighted by atomic mass is 32.2. The van der Waals surface area contributed by atoms with Crippen molar-refractivity contribution in [2.45, 2.75) is 16.3 Å². The van der Waals surface area contributed by atoms with E-state index in [1.54, 1.807) is 18.2 Å². The Morgan fingerprint density at radius 1 is 0.704 bits per heavy atom. The average molecular weight is 378 g/mol. The maximum atomic E-state index is 12.7. The third-order valence-electron chi connectivity index (χ3n) is 4.28. The first kappa shape index (κ1) is 19.0. The van der Waals surface area contributed by atoms with Crippen LogP contribution in [0.1, 0.15) is 16.7 Å². The molecule has 0 radical (unpaired) electrons. The third kappa shape index (κ3) is 4.52. The van der Waals surface area contributed by atoms with Crippen LogP contribution < -0.4 is 11.5 Å². The Labute approximate surface area is 160 Å². The van der Waals surface area contributed by atoms with Crippen LogP contribution in [-0.2, 0) is 16.3 Å². The number of rotatable bonds is 6. The second-order valence-electron chi connectivity index (χ2n) is 6.43. The minimum absolute atomic E-state index is 0.0207. The van der Waals surface area contributed by atoms with Gasteiger partial charge in [0, 0.05) is 6.42 Å². The minimum Gasteiger partial charge on any atom is -0.300 e. The van der Waals surface area contributed by atoms with Crippen LogP contribution in [-0.4, -0.2) is 13.4 Å². The highest BCUT2D eigenvalue weighted by molar-refractivity contribution is 7.92. The fourth-order valence-electron chi connectivity index (χ4n) is 2.74. The number of benzene rings is 3. The van der Waals surface area contributed by atoms with Crippen molar-refractivity contribution >= 4 is 22.0 Å². The lowest BCUT2D eigenvalue weighted by Crippen LogP contribution is -2.57. The summed E-state index contributed by atoms with van der Waals surface area (Å²) in [6.45, 7) is 0. The average Bonchev–Trinajstić information content (AvgIpc) is 2.68. The Balaban J connectivity index is 1.75. The summed E-state index contributed by atoms with van der Waals surface area (Å²) in [5.74, 6) is 0. The molecule has 0 unspecified atom stereocenters. The van der Waals surface area contributed by atoms with Crippen molar-refractivity contribution in [1.29, 1.82) is 0 Å². The van der Waals surface area contributed by atoms with E-state index < -0.39 is 14.8 Å². The summed E-state index contributed by atoms with van der Waals surface area (Å²) >= 11 is 0. The van der Waals surface area contributed by atoms with Crippen LogP contribution in [0.3, 0.4) is 0 Å². The zero-order valence-electron chi connectivity index (χ0n) is 14.8. The second-order valence-corrected chi connectivity index (χ2v) is 8.67. The van der Waals surface area contributed by atoms with E-state index in [1.165, 1.54) is 12.1 Å². The van der Waals surface area contributed by atoms with E-state index in [1.807, 2.05) is 66.7 Å². The molecule has 0 saturated carbocycles. The number of sulfone groups is 1. The summed E-state index contributed by atoms with van der Waals surface area (Å²) in [5.41, 5.74) is 14.9. The van der Waals surface area contributed by atoms with E-state index in [0.29, 0.717) is 0 Å². The first-order chi connectivity index (χ1) is 12.9. The second kappa shape index (κ2) is 7.88. The summed E-state index contributed by atoms with van der Waals surface area (Å²) in [5, 5.41) is 0. The van der Waals surface area contributed by atoms with Crippen molar-refractivity contribution in [3.8, 4) is 0 Å². The molecule has 0 amide bonds. The highest BCUT2D eigenvalue weighted by Crippen LogP contribution is 2.22. The first-order valence-corrected chi connectivity index (χ1v) is 10.1. The van der Waals surface area contributed by atoms with Crippen molar-refractivity contribution in [3.63, 3.8) is 0 Å². The maximum Gasteiger partial charge on any atom is 0.210 e. The molecule has 3 aromatic carbocycles. The molecule has 0 aliphatic carbocycles. The van der Waals surface area contributed by atoms with E-state index in [0.717, 1.165) is 16.7 Å². The van der Waals surface area contributed by atoms with Crippen LogP contribution in [0, 0.1) is 0 Å². The zero-order chi connectivity index (χ0) is 19.3. The Bertz CT molecular complexity index is 1010. The largest absolute Gasteiger partial charge is 0.300 e. The molecule has 5 heteroatoms. The lowest BCUT2D eigenvalue weighted by Gasteiger charge is -2.24. The molecule has 4 nitrogen and oxygen atoms in total. The molecule has 0 aliphatic heterocycles. The third-order valence-corrected chi connectivity index (χ3v) is 6.32. The topological polar surface area (TPSA) is 86.2 Å². The maximum absolute atomic E-state index is 12.7. The van der Waals surface area contributed by atoms with E-state index in [-0.39, 0.29) is 11.3 Å². The van der Waals surface area contributed by atoms with E-state index in [9.17, 15) is 8.42 Å². The smallest absolute Gasteiger partial charge is 0.210 e. The number of hydrogen-bond acceptors (Lipinski definition) is 4. The molecule has 3 rings (SSSR count). The molecule has 4 N–H and O–H groups in total. The van der Waals surface area contributed by atoms with Crippen LogP contribution in [0.5, 0.6) is 0 Å². The van der Waals surface area contributed by atoms with Crippen molar-refractivity contribution in [3.05, 3.63) is 102 Å². The molecular weight excluding hydrogens is 356 g/mol. The van der Waals surface area contributed by atoms with Gasteiger partial charge in [0.1, 0.15) is 0 Å². The van der Waals surface area contributed by atoms with Gasteiger partial charge in [-0.3, -0.25) is 0 Å². The van der Waals surface area contributed by atoms with E-state index >= 15 is 0 Å². The molecule has 0 fully saturated rings. The van der Waals surface area contributed by atoms with Crippen molar-refractivity contribution in [2.24, 2.45) is 11.5 Å². The Morgan fingerprint density at radius 2 is 1.19 bits per heavy atom. The number of hydrogen-bond donors (Lipinski definition) is 2. The Kier molecular flexibility index (Phi) is 5.56. The molecule has 0 heterocycles. The molecular formula is C22H22N2O2S. The van der Waals surface area contributed by atoms with Crippen LogP contribution in [0.4, 0.5) is 0 Å². The van der Waals surface area contributed by atoms with Gasteiger partial charge in [-0.2, -0.15) is 0 Å². The highest BCUT2D eigenvalue weighted by Gasteiger charge is 2.37. The molecule has 0 aromatic heterocycles. The lowest BCUT2D eigenvalue weighted by molar-refractivity contribution is 0.520. The van der Waals surface area contributed by atoms with Gasteiger partial charge in [-0.15, -0.1) is 0 Å². The van der Waals surface area contributed by atoms with Gasteiger partial charge < -0.3 is 11.5 Å². The van der Waals surface area contributed by atoms with Crippen molar-refractivity contribution in [2.75, 3.05) is 0 Å². The van der Waals surface area contributed by atoms with Gasteiger partial charge in [-0.25, -0.2) is 8.42 Å². The van der Waals surface area contributed by atoms with Gasteiger partial charge in [0.25, 0.3) is 0 Å². The molecule has 0 spiro atoms. The van der Waals surface area contributed by atoms with Gasteiger partial charge in [0.2, 0.25) is 9.84 Å². The van der Waals surface area contributed by atoms with Crippen LogP contribution in [0.2, 0.25) is 0 Å². The number of nitrogens with two attached hydrogens (primary N) is 2. The summed E-state index contributed by atoms with van der Waals surface area (Å²) in [6, 6.07) is 25.6. The summed E-state index contributed by atoms with van der Waals surface area (Å²) in [6.07, 6.45) is 4.04. The van der Waals surface area contributed by atoms with Crippen LogP contribution >= 0.6 is 0 Å². The van der Waals surface area contributed by atoms with Gasteiger partial charge in [0.05, 0.1) is 4.90 Å². The normalized spacial score (nSPS) is 12.4. The molecule has 0 bridgehead atoms. The molecule has 138 valence electrons. The molecule has 0 saturated heterocycles. The lowest BCUT2D eigenvalue weighted by atomic mass is 10.1. The van der Waals surface area contributed by atoms with Gasteiger partial charge >= 0.3 is 0 Å². The first-order valence-electron chi connectivity index (χ1n) is 8.58. The molecule has 0 atom stereocenters. The van der Waals surface area contributed by atoms with Crippen molar-refractivity contribution in [1.82, 2.24) is 0 Å². The summed E-state index contributed by atoms with van der Waals surface area (Å²) in [7, 11) is -3.85. The molecule has 27 heavy (non-hydrogen) atoms. The van der Waals surface area contributed by atoms with Crippen LogP contribution in [0.25, 0.3) is 12.2 Å². The summed E-state index contributed by atoms with van der Waals surface area (Å²) < 4.78 is 25.4. The molecule has 0 aliphatic rings. The Hall–Kier alpha value is -2.73. The Morgan fingerprint density at radius 3 is 1.74 bits per heavy atom. The van der Waals surface area contributed by atoms with E-state index in [2.05, 4.69) is 0 Å². The standard InChI is InChI=1S/C22H22N2O2S/c23-22(24,27(25,26)21-9-5-2-6-10-21)17-20-15-13-19(14-16-20)12-11-18-7-3-1-4-8-18/h1-16H,17,23-24H2. The quantitative estimate of drug-likeness (QED) is 0.508. The van der Waals surface area contributed by atoms with E-state index in [4.69, 9.17) is 11.5 Å². The van der Waals surface area contributed by atoms with Crippen molar-refractivity contribution < 1.29 is 8.42 Å². The predicted molar refractivity (Wildman–Crippen MR) is 110 cm³/mol. The van der Waals surface area contributed by atoms with Gasteiger partial charge in [0.15, 0.2) is 4.99 Å². The SMILES string of the molecule is NC(N)(Cc1ccc(C=Cc2ccccc2)cc1)S(=O)(=O)c1ccccc1.